The summed E-state index contributed by atoms with van der Waals surface area (Å²) in [4.78, 5) is 26.8. The van der Waals surface area contributed by atoms with Crippen LogP contribution in [0, 0.1) is 0 Å². The highest BCUT2D eigenvalue weighted by molar-refractivity contribution is 7.10. The van der Waals surface area contributed by atoms with Crippen LogP contribution in [0.25, 0.3) is 0 Å². The first-order valence-electron chi connectivity index (χ1n) is 8.42. The Bertz CT molecular complexity index is 714. The quantitative estimate of drug-likeness (QED) is 0.761. The monoisotopic (exact) mass is 358 g/mol. The van der Waals surface area contributed by atoms with Gasteiger partial charge in [0.05, 0.1) is 12.6 Å². The third kappa shape index (κ3) is 4.46. The third-order valence-electron chi connectivity index (χ3n) is 4.46. The van der Waals surface area contributed by atoms with Crippen LogP contribution in [0.15, 0.2) is 47.8 Å². The van der Waals surface area contributed by atoms with Gasteiger partial charge in [0, 0.05) is 10.9 Å². The Hall–Kier alpha value is -2.18. The van der Waals surface area contributed by atoms with Crippen molar-refractivity contribution in [3.8, 4) is 0 Å². The second-order valence-corrected chi connectivity index (χ2v) is 7.32. The number of carboxylic acids is 1. The van der Waals surface area contributed by atoms with Gasteiger partial charge in [0.1, 0.15) is 6.04 Å². The Kier molecular flexibility index (Phi) is 5.50. The molecule has 3 rings (SSSR count). The lowest BCUT2D eigenvalue weighted by Crippen LogP contribution is -2.47. The highest BCUT2D eigenvalue weighted by atomic mass is 32.1. The molecule has 6 heteroatoms. The van der Waals surface area contributed by atoms with Gasteiger partial charge in [-0.3, -0.25) is 14.5 Å². The van der Waals surface area contributed by atoms with Crippen LogP contribution in [0.3, 0.4) is 0 Å². The molecule has 2 aromatic rings. The van der Waals surface area contributed by atoms with Gasteiger partial charge in [-0.15, -0.1) is 11.3 Å². The van der Waals surface area contributed by atoms with E-state index in [0.29, 0.717) is 0 Å². The predicted molar refractivity (Wildman–Crippen MR) is 97.6 cm³/mol. The van der Waals surface area contributed by atoms with Crippen molar-refractivity contribution in [3.63, 3.8) is 0 Å². The zero-order chi connectivity index (χ0) is 17.8. The molecule has 1 fully saturated rings. The molecule has 25 heavy (non-hydrogen) atoms. The Labute approximate surface area is 151 Å². The highest BCUT2D eigenvalue weighted by Crippen LogP contribution is 2.29. The molecule has 0 radical (unpaired) electrons. The van der Waals surface area contributed by atoms with Crippen LogP contribution in [-0.2, 0) is 9.59 Å². The van der Waals surface area contributed by atoms with Gasteiger partial charge in [0.25, 0.3) is 0 Å². The molecule has 0 aliphatic heterocycles. The number of amides is 1. The van der Waals surface area contributed by atoms with Gasteiger partial charge in [-0.1, -0.05) is 36.4 Å². The first kappa shape index (κ1) is 17.6. The van der Waals surface area contributed by atoms with E-state index in [0.717, 1.165) is 23.3 Å². The molecule has 132 valence electrons. The highest BCUT2D eigenvalue weighted by Gasteiger charge is 2.36. The van der Waals surface area contributed by atoms with Crippen LogP contribution < -0.4 is 5.32 Å². The molecule has 1 aromatic carbocycles. The van der Waals surface area contributed by atoms with Crippen LogP contribution in [-0.4, -0.2) is 40.5 Å². The minimum atomic E-state index is -0.891. The van der Waals surface area contributed by atoms with Crippen molar-refractivity contribution in [3.05, 3.63) is 58.3 Å². The number of hydrogen-bond donors (Lipinski definition) is 2. The van der Waals surface area contributed by atoms with Gasteiger partial charge in [-0.2, -0.15) is 0 Å². The van der Waals surface area contributed by atoms with Crippen LogP contribution in [0.1, 0.15) is 36.2 Å². The fourth-order valence-electron chi connectivity index (χ4n) is 2.92. The molecule has 1 heterocycles. The molecule has 1 aliphatic rings. The number of nitrogens with zero attached hydrogens (tertiary/aromatic N) is 1. The summed E-state index contributed by atoms with van der Waals surface area (Å²) in [6, 6.07) is 13.1. The van der Waals surface area contributed by atoms with Gasteiger partial charge in [0.2, 0.25) is 5.91 Å². The van der Waals surface area contributed by atoms with E-state index in [2.05, 4.69) is 5.32 Å². The SMILES string of the molecule is CC(C(=O)O)N(CC(=O)NC(c1ccccc1)c1cccs1)C1CC1. The summed E-state index contributed by atoms with van der Waals surface area (Å²) in [5.41, 5.74) is 1.02. The maximum Gasteiger partial charge on any atom is 0.320 e. The first-order chi connectivity index (χ1) is 12.1. The average Bonchev–Trinajstić information content (AvgIpc) is 3.31. The Morgan fingerprint density at radius 2 is 1.96 bits per heavy atom. The maximum absolute atomic E-state index is 12.7. The topological polar surface area (TPSA) is 69.6 Å². The molecular formula is C19H22N2O3S. The van der Waals surface area contributed by atoms with E-state index in [1.54, 1.807) is 23.2 Å². The number of thiophene rings is 1. The summed E-state index contributed by atoms with van der Waals surface area (Å²) in [5, 5.41) is 14.3. The molecule has 2 unspecified atom stereocenters. The van der Waals surface area contributed by atoms with Crippen molar-refractivity contribution < 1.29 is 14.7 Å². The van der Waals surface area contributed by atoms with Gasteiger partial charge in [0.15, 0.2) is 0 Å². The van der Waals surface area contributed by atoms with Crippen molar-refractivity contribution in [2.24, 2.45) is 0 Å². The lowest BCUT2D eigenvalue weighted by molar-refractivity contribution is -0.143. The van der Waals surface area contributed by atoms with E-state index in [9.17, 15) is 14.7 Å². The molecule has 2 atom stereocenters. The van der Waals surface area contributed by atoms with E-state index in [1.165, 1.54) is 0 Å². The van der Waals surface area contributed by atoms with Crippen LogP contribution in [0.2, 0.25) is 0 Å². The predicted octanol–water partition coefficient (Wildman–Crippen LogP) is 2.89. The largest absolute Gasteiger partial charge is 0.480 e. The number of benzene rings is 1. The van der Waals surface area contributed by atoms with E-state index >= 15 is 0 Å². The van der Waals surface area contributed by atoms with E-state index in [-0.39, 0.29) is 24.5 Å². The summed E-state index contributed by atoms with van der Waals surface area (Å²) in [7, 11) is 0. The number of carbonyl (C=O) groups excluding carboxylic acids is 1. The molecule has 1 aromatic heterocycles. The normalized spacial score (nSPS) is 16.4. The second kappa shape index (κ2) is 7.80. The summed E-state index contributed by atoms with van der Waals surface area (Å²) < 4.78 is 0. The van der Waals surface area contributed by atoms with Crippen LogP contribution in [0.5, 0.6) is 0 Å². The molecule has 1 amide bonds. The smallest absolute Gasteiger partial charge is 0.320 e. The number of hydrogen-bond acceptors (Lipinski definition) is 4. The molecule has 0 spiro atoms. The van der Waals surface area contributed by atoms with Gasteiger partial charge < -0.3 is 10.4 Å². The Balaban J connectivity index is 1.73. The number of aliphatic carboxylic acids is 1. The van der Waals surface area contributed by atoms with E-state index in [4.69, 9.17) is 0 Å². The standard InChI is InChI=1S/C19H22N2O3S/c1-13(19(23)24)21(15-9-10-15)12-17(22)20-18(16-8-5-11-25-16)14-6-3-2-4-7-14/h2-8,11,13,15,18H,9-10,12H2,1H3,(H,20,22)(H,23,24). The van der Waals surface area contributed by atoms with E-state index in [1.807, 2.05) is 47.8 Å². The Morgan fingerprint density at radius 3 is 2.52 bits per heavy atom. The van der Waals surface area contributed by atoms with Crippen molar-refractivity contribution >= 4 is 23.2 Å². The van der Waals surface area contributed by atoms with Gasteiger partial charge in [-0.25, -0.2) is 0 Å². The van der Waals surface area contributed by atoms with Crippen molar-refractivity contribution in [1.29, 1.82) is 0 Å². The van der Waals surface area contributed by atoms with Crippen LogP contribution in [0.4, 0.5) is 0 Å². The molecular weight excluding hydrogens is 336 g/mol. The Morgan fingerprint density at radius 1 is 1.24 bits per heavy atom. The maximum atomic E-state index is 12.7. The summed E-state index contributed by atoms with van der Waals surface area (Å²) in [5.74, 6) is -1.04. The zero-order valence-corrected chi connectivity index (χ0v) is 14.9. The van der Waals surface area contributed by atoms with Crippen molar-refractivity contribution in [2.75, 3.05) is 6.54 Å². The lowest BCUT2D eigenvalue weighted by Gasteiger charge is -2.27. The molecule has 0 saturated heterocycles. The second-order valence-electron chi connectivity index (χ2n) is 6.34. The molecule has 1 saturated carbocycles. The first-order valence-corrected chi connectivity index (χ1v) is 9.30. The summed E-state index contributed by atoms with van der Waals surface area (Å²) >= 11 is 1.59. The molecule has 0 bridgehead atoms. The minimum Gasteiger partial charge on any atom is -0.480 e. The number of carbonyl (C=O) groups is 2. The molecule has 2 N–H and O–H groups in total. The number of carboxylic acid groups (broad SMARTS) is 1. The van der Waals surface area contributed by atoms with E-state index < -0.39 is 12.0 Å². The molecule has 1 aliphatic carbocycles. The lowest BCUT2D eigenvalue weighted by atomic mass is 10.1. The summed E-state index contributed by atoms with van der Waals surface area (Å²) in [6.07, 6.45) is 1.91. The fourth-order valence-corrected chi connectivity index (χ4v) is 3.72. The minimum absolute atomic E-state index is 0.104. The fraction of sp³-hybridized carbons (Fsp3) is 0.368. The third-order valence-corrected chi connectivity index (χ3v) is 5.40. The molecule has 5 nitrogen and oxygen atoms in total. The van der Waals surface area contributed by atoms with Crippen molar-refractivity contribution in [2.45, 2.75) is 37.9 Å². The van der Waals surface area contributed by atoms with Crippen molar-refractivity contribution in [1.82, 2.24) is 10.2 Å². The van der Waals surface area contributed by atoms with Gasteiger partial charge >= 0.3 is 5.97 Å². The van der Waals surface area contributed by atoms with Gasteiger partial charge in [-0.05, 0) is 36.8 Å². The zero-order valence-electron chi connectivity index (χ0n) is 14.1. The number of rotatable bonds is 8. The summed E-state index contributed by atoms with van der Waals surface area (Å²) in [6.45, 7) is 1.74. The van der Waals surface area contributed by atoms with Crippen LogP contribution >= 0.6 is 11.3 Å². The average molecular weight is 358 g/mol. The number of nitrogens with one attached hydrogen (secondary N) is 1.